The van der Waals surface area contributed by atoms with Crippen molar-refractivity contribution < 1.29 is 14.7 Å². The maximum absolute atomic E-state index is 12.7. The molecule has 0 spiro atoms. The molecule has 1 aliphatic carbocycles. The van der Waals surface area contributed by atoms with E-state index in [1.54, 1.807) is 0 Å². The minimum Gasteiger partial charge on any atom is -0.396 e. The second-order valence-electron chi connectivity index (χ2n) is 7.28. The van der Waals surface area contributed by atoms with Gasteiger partial charge in [0.15, 0.2) is 0 Å². The van der Waals surface area contributed by atoms with E-state index in [2.05, 4.69) is 5.32 Å². The van der Waals surface area contributed by atoms with E-state index < -0.39 is 0 Å². The Hall–Kier alpha value is -1.88. The minimum atomic E-state index is -0.0834. The van der Waals surface area contributed by atoms with Crippen LogP contribution in [0.4, 0.5) is 0 Å². The van der Waals surface area contributed by atoms with Crippen molar-refractivity contribution in [3.05, 3.63) is 35.4 Å². The Kier molecular flexibility index (Phi) is 6.08. The van der Waals surface area contributed by atoms with Crippen molar-refractivity contribution in [1.29, 1.82) is 0 Å². The molecular formula is C20H28N2O3. The van der Waals surface area contributed by atoms with Gasteiger partial charge < -0.3 is 15.3 Å². The largest absolute Gasteiger partial charge is 0.396 e. The number of likely N-dealkylation sites (tertiary alicyclic amines) is 1. The van der Waals surface area contributed by atoms with Crippen molar-refractivity contribution in [1.82, 2.24) is 10.2 Å². The third-order valence-electron chi connectivity index (χ3n) is 5.44. The molecule has 1 saturated heterocycles. The molecule has 1 aromatic carbocycles. The number of carbonyl (C=O) groups is 2. The number of nitrogens with one attached hydrogen (secondary N) is 1. The van der Waals surface area contributed by atoms with E-state index in [1.807, 2.05) is 29.2 Å². The molecule has 5 nitrogen and oxygen atoms in total. The first-order valence-electron chi connectivity index (χ1n) is 9.46. The molecule has 0 aromatic heterocycles. The number of hydrogen-bond acceptors (Lipinski definition) is 3. The van der Waals surface area contributed by atoms with Crippen LogP contribution in [0.2, 0.25) is 0 Å². The van der Waals surface area contributed by atoms with Gasteiger partial charge in [-0.3, -0.25) is 9.59 Å². The van der Waals surface area contributed by atoms with E-state index in [4.69, 9.17) is 0 Å². The Morgan fingerprint density at radius 3 is 2.80 bits per heavy atom. The summed E-state index contributed by atoms with van der Waals surface area (Å²) in [5.41, 5.74) is 1.62. The summed E-state index contributed by atoms with van der Waals surface area (Å²) in [5, 5.41) is 12.7. The molecule has 1 aliphatic heterocycles. The van der Waals surface area contributed by atoms with Gasteiger partial charge in [0.2, 0.25) is 5.91 Å². The SMILES string of the molecule is O=C(NC1CCCCCC1CO)c1cccc(CN2CCCC2=O)c1. The Morgan fingerprint density at radius 2 is 2.04 bits per heavy atom. The molecule has 1 heterocycles. The lowest BCUT2D eigenvalue weighted by atomic mass is 9.95. The van der Waals surface area contributed by atoms with Gasteiger partial charge in [-0.2, -0.15) is 0 Å². The lowest BCUT2D eigenvalue weighted by Gasteiger charge is -2.24. The second-order valence-corrected chi connectivity index (χ2v) is 7.28. The summed E-state index contributed by atoms with van der Waals surface area (Å²) in [4.78, 5) is 26.3. The standard InChI is InChI=1S/C20H28N2O3/c23-14-17-7-2-1-3-9-18(17)21-20(25)16-8-4-6-15(12-16)13-22-11-5-10-19(22)24/h4,6,8,12,17-18,23H,1-3,5,7,9-11,13-14H2,(H,21,25). The monoisotopic (exact) mass is 344 g/mol. The molecule has 25 heavy (non-hydrogen) atoms. The first-order valence-corrected chi connectivity index (χ1v) is 9.46. The highest BCUT2D eigenvalue weighted by Gasteiger charge is 2.25. The van der Waals surface area contributed by atoms with Gasteiger partial charge in [0.1, 0.15) is 0 Å². The fourth-order valence-electron chi connectivity index (χ4n) is 3.95. The summed E-state index contributed by atoms with van der Waals surface area (Å²) < 4.78 is 0. The normalized spacial score (nSPS) is 24.2. The Labute approximate surface area is 149 Å². The zero-order valence-corrected chi connectivity index (χ0v) is 14.7. The number of aliphatic hydroxyl groups is 1. The van der Waals surface area contributed by atoms with E-state index in [1.165, 1.54) is 6.42 Å². The van der Waals surface area contributed by atoms with Crippen molar-refractivity contribution in [2.75, 3.05) is 13.2 Å². The molecule has 136 valence electrons. The van der Waals surface area contributed by atoms with Gasteiger partial charge in [0.25, 0.3) is 5.91 Å². The Bertz CT molecular complexity index is 617. The van der Waals surface area contributed by atoms with Gasteiger partial charge in [-0.1, -0.05) is 31.4 Å². The van der Waals surface area contributed by atoms with Gasteiger partial charge in [-0.15, -0.1) is 0 Å². The van der Waals surface area contributed by atoms with Crippen molar-refractivity contribution in [3.63, 3.8) is 0 Å². The van der Waals surface area contributed by atoms with Gasteiger partial charge in [-0.25, -0.2) is 0 Å². The smallest absolute Gasteiger partial charge is 0.251 e. The van der Waals surface area contributed by atoms with Crippen LogP contribution in [0.5, 0.6) is 0 Å². The topological polar surface area (TPSA) is 69.6 Å². The van der Waals surface area contributed by atoms with Crippen molar-refractivity contribution in [3.8, 4) is 0 Å². The van der Waals surface area contributed by atoms with E-state index in [-0.39, 0.29) is 30.4 Å². The van der Waals surface area contributed by atoms with E-state index in [0.29, 0.717) is 18.5 Å². The van der Waals surface area contributed by atoms with Crippen LogP contribution in [0.15, 0.2) is 24.3 Å². The Morgan fingerprint density at radius 1 is 1.20 bits per heavy atom. The molecule has 2 atom stereocenters. The zero-order chi connectivity index (χ0) is 17.6. The summed E-state index contributed by atoms with van der Waals surface area (Å²) in [7, 11) is 0. The third kappa shape index (κ3) is 4.60. The van der Waals surface area contributed by atoms with Crippen LogP contribution in [0, 0.1) is 5.92 Å². The predicted octanol–water partition coefficient (Wildman–Crippen LogP) is 2.48. The Balaban J connectivity index is 1.65. The van der Waals surface area contributed by atoms with Gasteiger partial charge >= 0.3 is 0 Å². The number of carbonyl (C=O) groups excluding carboxylic acids is 2. The van der Waals surface area contributed by atoms with Crippen molar-refractivity contribution >= 4 is 11.8 Å². The van der Waals surface area contributed by atoms with Crippen LogP contribution in [0.3, 0.4) is 0 Å². The average Bonchev–Trinajstić information content (AvgIpc) is 2.89. The van der Waals surface area contributed by atoms with Gasteiger partial charge in [0, 0.05) is 43.6 Å². The van der Waals surface area contributed by atoms with Crippen LogP contribution in [0.25, 0.3) is 0 Å². The number of rotatable bonds is 5. The molecular weight excluding hydrogens is 316 g/mol. The third-order valence-corrected chi connectivity index (χ3v) is 5.44. The second kappa shape index (κ2) is 8.48. The molecule has 2 amide bonds. The maximum Gasteiger partial charge on any atom is 0.251 e. The first kappa shape index (κ1) is 17.9. The molecule has 0 bridgehead atoms. The minimum absolute atomic E-state index is 0.0452. The molecule has 1 saturated carbocycles. The van der Waals surface area contributed by atoms with Gasteiger partial charge in [0.05, 0.1) is 0 Å². The van der Waals surface area contributed by atoms with E-state index >= 15 is 0 Å². The number of benzene rings is 1. The predicted molar refractivity (Wildman–Crippen MR) is 96.0 cm³/mol. The van der Waals surface area contributed by atoms with E-state index in [9.17, 15) is 14.7 Å². The van der Waals surface area contributed by atoms with E-state index in [0.717, 1.165) is 44.2 Å². The zero-order valence-electron chi connectivity index (χ0n) is 14.7. The maximum atomic E-state index is 12.7. The van der Waals surface area contributed by atoms with Gasteiger partial charge in [-0.05, 0) is 37.0 Å². The number of amides is 2. The first-order chi connectivity index (χ1) is 12.2. The number of nitrogens with zero attached hydrogens (tertiary/aromatic N) is 1. The van der Waals surface area contributed by atoms with Crippen LogP contribution in [-0.4, -0.2) is 41.0 Å². The highest BCUT2D eigenvalue weighted by atomic mass is 16.3. The summed E-state index contributed by atoms with van der Waals surface area (Å²) in [5.74, 6) is 0.260. The summed E-state index contributed by atoms with van der Waals surface area (Å²) in [6.45, 7) is 1.50. The quantitative estimate of drug-likeness (QED) is 0.806. The summed E-state index contributed by atoms with van der Waals surface area (Å²) in [6, 6.07) is 7.58. The average molecular weight is 344 g/mol. The lowest BCUT2D eigenvalue weighted by molar-refractivity contribution is -0.128. The van der Waals surface area contributed by atoms with Crippen LogP contribution in [-0.2, 0) is 11.3 Å². The fourth-order valence-corrected chi connectivity index (χ4v) is 3.95. The van der Waals surface area contributed by atoms with Crippen molar-refractivity contribution in [2.45, 2.75) is 57.5 Å². The molecule has 2 N–H and O–H groups in total. The molecule has 2 fully saturated rings. The fraction of sp³-hybridized carbons (Fsp3) is 0.600. The molecule has 3 rings (SSSR count). The highest BCUT2D eigenvalue weighted by molar-refractivity contribution is 5.94. The molecule has 5 heteroatoms. The van der Waals surface area contributed by atoms with Crippen molar-refractivity contribution in [2.24, 2.45) is 5.92 Å². The van der Waals surface area contributed by atoms with Crippen LogP contribution in [0.1, 0.15) is 60.9 Å². The molecule has 1 aromatic rings. The lowest BCUT2D eigenvalue weighted by Crippen LogP contribution is -2.41. The summed E-state index contributed by atoms with van der Waals surface area (Å²) in [6.07, 6.45) is 6.84. The number of aliphatic hydroxyl groups excluding tert-OH is 1. The van der Waals surface area contributed by atoms with Crippen LogP contribution >= 0.6 is 0 Å². The summed E-state index contributed by atoms with van der Waals surface area (Å²) >= 11 is 0. The molecule has 0 radical (unpaired) electrons. The number of hydrogen-bond donors (Lipinski definition) is 2. The molecule has 2 aliphatic rings. The highest BCUT2D eigenvalue weighted by Crippen LogP contribution is 2.23. The van der Waals surface area contributed by atoms with Crippen LogP contribution < -0.4 is 5.32 Å². The molecule has 2 unspecified atom stereocenters.